The molecule has 2 aromatic carbocycles. The van der Waals surface area contributed by atoms with Crippen molar-refractivity contribution >= 4 is 11.6 Å². The Morgan fingerprint density at radius 2 is 1.75 bits per heavy atom. The molecule has 8 nitrogen and oxygen atoms in total. The van der Waals surface area contributed by atoms with Gasteiger partial charge in [0.25, 0.3) is 5.91 Å². The van der Waals surface area contributed by atoms with Gasteiger partial charge in [0.05, 0.1) is 0 Å². The SMILES string of the molecule is Cc1nc(Oc2ccc(NC(=O)COc3ccc(F)cc3)cc2)cc(-n2ccnc2C)n1. The van der Waals surface area contributed by atoms with Crippen LogP contribution in [0.2, 0.25) is 0 Å². The third-order valence-corrected chi connectivity index (χ3v) is 4.42. The first kappa shape index (κ1) is 21.0. The Hall–Kier alpha value is -4.27. The van der Waals surface area contributed by atoms with Crippen molar-refractivity contribution in [3.05, 3.63) is 84.5 Å². The molecule has 1 amide bonds. The number of anilines is 1. The monoisotopic (exact) mass is 433 g/mol. The second-order valence-corrected chi connectivity index (χ2v) is 6.87. The van der Waals surface area contributed by atoms with Crippen LogP contribution >= 0.6 is 0 Å². The van der Waals surface area contributed by atoms with E-state index >= 15 is 0 Å². The Labute approximate surface area is 183 Å². The van der Waals surface area contributed by atoms with E-state index in [1.54, 1.807) is 43.5 Å². The highest BCUT2D eigenvalue weighted by Crippen LogP contribution is 2.23. The highest BCUT2D eigenvalue weighted by molar-refractivity contribution is 5.91. The molecule has 4 aromatic rings. The maximum absolute atomic E-state index is 12.9. The predicted molar refractivity (Wildman–Crippen MR) is 116 cm³/mol. The molecule has 0 aliphatic rings. The number of nitrogens with zero attached hydrogens (tertiary/aromatic N) is 4. The van der Waals surface area contributed by atoms with E-state index in [4.69, 9.17) is 9.47 Å². The van der Waals surface area contributed by atoms with Crippen LogP contribution in [0, 0.1) is 19.7 Å². The van der Waals surface area contributed by atoms with Crippen molar-refractivity contribution < 1.29 is 18.7 Å². The first-order valence-electron chi connectivity index (χ1n) is 9.78. The molecule has 0 saturated carbocycles. The van der Waals surface area contributed by atoms with Gasteiger partial charge in [0.1, 0.15) is 34.8 Å². The molecular formula is C23H20FN5O3. The van der Waals surface area contributed by atoms with Crippen molar-refractivity contribution in [2.75, 3.05) is 11.9 Å². The van der Waals surface area contributed by atoms with Crippen molar-refractivity contribution in [2.24, 2.45) is 0 Å². The fourth-order valence-electron chi connectivity index (χ4n) is 2.92. The summed E-state index contributed by atoms with van der Waals surface area (Å²) in [7, 11) is 0. The number of aromatic nitrogens is 4. The highest BCUT2D eigenvalue weighted by atomic mass is 19.1. The summed E-state index contributed by atoms with van der Waals surface area (Å²) in [5, 5.41) is 2.73. The van der Waals surface area contributed by atoms with Crippen molar-refractivity contribution in [2.45, 2.75) is 13.8 Å². The summed E-state index contributed by atoms with van der Waals surface area (Å²) in [5.74, 6) is 2.68. The lowest BCUT2D eigenvalue weighted by atomic mass is 10.3. The first-order chi connectivity index (χ1) is 15.5. The van der Waals surface area contributed by atoms with Crippen molar-refractivity contribution in [1.29, 1.82) is 0 Å². The fourth-order valence-corrected chi connectivity index (χ4v) is 2.92. The topological polar surface area (TPSA) is 91.2 Å². The number of aryl methyl sites for hydroxylation is 2. The lowest BCUT2D eigenvalue weighted by Crippen LogP contribution is -2.20. The summed E-state index contributed by atoms with van der Waals surface area (Å²) >= 11 is 0. The molecule has 0 radical (unpaired) electrons. The zero-order chi connectivity index (χ0) is 22.5. The van der Waals surface area contributed by atoms with Crippen LogP contribution < -0.4 is 14.8 Å². The maximum atomic E-state index is 12.9. The predicted octanol–water partition coefficient (Wildman–Crippen LogP) is 4.23. The zero-order valence-electron chi connectivity index (χ0n) is 17.4. The fraction of sp³-hybridized carbons (Fsp3) is 0.130. The molecule has 0 aliphatic heterocycles. The highest BCUT2D eigenvalue weighted by Gasteiger charge is 2.09. The summed E-state index contributed by atoms with van der Waals surface area (Å²) in [5.41, 5.74) is 0.582. The number of hydrogen-bond donors (Lipinski definition) is 1. The molecule has 0 saturated heterocycles. The second-order valence-electron chi connectivity index (χ2n) is 6.87. The van der Waals surface area contributed by atoms with E-state index < -0.39 is 0 Å². The molecular weight excluding hydrogens is 413 g/mol. The molecule has 162 valence electrons. The summed E-state index contributed by atoms with van der Waals surface area (Å²) in [6, 6.07) is 14.0. The largest absolute Gasteiger partial charge is 0.484 e. The van der Waals surface area contributed by atoms with Crippen molar-refractivity contribution in [3.63, 3.8) is 0 Å². The molecule has 0 aliphatic carbocycles. The smallest absolute Gasteiger partial charge is 0.262 e. The number of halogens is 1. The van der Waals surface area contributed by atoms with Gasteiger partial charge in [0, 0.05) is 24.1 Å². The number of rotatable bonds is 7. The van der Waals surface area contributed by atoms with Crippen molar-refractivity contribution in [3.8, 4) is 23.2 Å². The molecule has 0 bridgehead atoms. The zero-order valence-corrected chi connectivity index (χ0v) is 17.4. The molecule has 0 fully saturated rings. The van der Waals surface area contributed by atoms with Crippen LogP contribution in [0.3, 0.4) is 0 Å². The molecule has 2 heterocycles. The third-order valence-electron chi connectivity index (χ3n) is 4.42. The van der Waals surface area contributed by atoms with Crippen LogP contribution in [-0.2, 0) is 4.79 Å². The quantitative estimate of drug-likeness (QED) is 0.469. The molecule has 4 rings (SSSR count). The van der Waals surface area contributed by atoms with Gasteiger partial charge in [-0.2, -0.15) is 4.98 Å². The number of amides is 1. The van der Waals surface area contributed by atoms with Crippen LogP contribution in [0.15, 0.2) is 67.0 Å². The van der Waals surface area contributed by atoms with Crippen LogP contribution in [-0.4, -0.2) is 32.0 Å². The van der Waals surface area contributed by atoms with Gasteiger partial charge >= 0.3 is 0 Å². The molecule has 1 N–H and O–H groups in total. The van der Waals surface area contributed by atoms with E-state index in [1.807, 2.05) is 17.7 Å². The molecule has 2 aromatic heterocycles. The van der Waals surface area contributed by atoms with E-state index in [-0.39, 0.29) is 18.3 Å². The maximum Gasteiger partial charge on any atom is 0.262 e. The first-order valence-corrected chi connectivity index (χ1v) is 9.78. The van der Waals surface area contributed by atoms with Crippen LogP contribution in [0.5, 0.6) is 17.4 Å². The molecule has 32 heavy (non-hydrogen) atoms. The van der Waals surface area contributed by atoms with E-state index in [0.717, 1.165) is 5.82 Å². The van der Waals surface area contributed by atoms with E-state index in [1.165, 1.54) is 24.3 Å². The standard InChI is InChI=1S/C23H20FN5O3/c1-15-26-21(29-12-11-25-16(29)2)13-23(27-15)32-20-9-5-18(6-10-20)28-22(30)14-31-19-7-3-17(24)4-8-19/h3-13H,14H2,1-2H3,(H,28,30). The van der Waals surface area contributed by atoms with Gasteiger partial charge in [0.2, 0.25) is 5.88 Å². The number of ether oxygens (including phenoxy) is 2. The van der Waals surface area contributed by atoms with E-state index in [0.29, 0.717) is 34.7 Å². The number of nitrogens with one attached hydrogen (secondary N) is 1. The lowest BCUT2D eigenvalue weighted by molar-refractivity contribution is -0.118. The number of carbonyl (C=O) groups is 1. The summed E-state index contributed by atoms with van der Waals surface area (Å²) in [4.78, 5) is 25.0. The Bertz CT molecular complexity index is 1220. The van der Waals surface area contributed by atoms with E-state index in [9.17, 15) is 9.18 Å². The minimum absolute atomic E-state index is 0.194. The normalized spacial score (nSPS) is 10.6. The Kier molecular flexibility index (Phi) is 6.07. The van der Waals surface area contributed by atoms with Gasteiger partial charge in [-0.1, -0.05) is 0 Å². The minimum atomic E-state index is -0.366. The Morgan fingerprint density at radius 1 is 1.03 bits per heavy atom. The number of benzene rings is 2. The lowest BCUT2D eigenvalue weighted by Gasteiger charge is -2.10. The van der Waals surface area contributed by atoms with Gasteiger partial charge in [-0.3, -0.25) is 9.36 Å². The van der Waals surface area contributed by atoms with Crippen LogP contribution in [0.25, 0.3) is 5.82 Å². The van der Waals surface area contributed by atoms with Gasteiger partial charge in [-0.15, -0.1) is 0 Å². The Morgan fingerprint density at radius 3 is 2.44 bits per heavy atom. The summed E-state index contributed by atoms with van der Waals surface area (Å²) < 4.78 is 25.9. The third kappa shape index (κ3) is 5.25. The van der Waals surface area contributed by atoms with Crippen LogP contribution in [0.1, 0.15) is 11.6 Å². The number of hydrogen-bond acceptors (Lipinski definition) is 6. The molecule has 0 unspecified atom stereocenters. The average Bonchev–Trinajstić information content (AvgIpc) is 3.20. The van der Waals surface area contributed by atoms with Crippen molar-refractivity contribution in [1.82, 2.24) is 19.5 Å². The van der Waals surface area contributed by atoms with Gasteiger partial charge < -0.3 is 14.8 Å². The summed E-state index contributed by atoms with van der Waals surface area (Å²) in [6.07, 6.45) is 3.52. The van der Waals surface area contributed by atoms with Crippen LogP contribution in [0.4, 0.5) is 10.1 Å². The Balaban J connectivity index is 1.36. The number of imidazole rings is 1. The molecule has 0 spiro atoms. The van der Waals surface area contributed by atoms with E-state index in [2.05, 4.69) is 20.3 Å². The average molecular weight is 433 g/mol. The number of carbonyl (C=O) groups excluding carboxylic acids is 1. The van der Waals surface area contributed by atoms with Gasteiger partial charge in [-0.25, -0.2) is 14.4 Å². The minimum Gasteiger partial charge on any atom is -0.484 e. The molecule has 9 heteroatoms. The second kappa shape index (κ2) is 9.25. The molecule has 0 atom stereocenters. The summed E-state index contributed by atoms with van der Waals surface area (Å²) in [6.45, 7) is 3.48. The van der Waals surface area contributed by atoms with Gasteiger partial charge in [-0.05, 0) is 62.4 Å². The van der Waals surface area contributed by atoms with Gasteiger partial charge in [0.15, 0.2) is 6.61 Å².